The minimum atomic E-state index is -3.64. The predicted molar refractivity (Wildman–Crippen MR) is 107 cm³/mol. The van der Waals surface area contributed by atoms with Crippen LogP contribution in [0.5, 0.6) is 0 Å². The highest BCUT2D eigenvalue weighted by Gasteiger charge is 2.27. The minimum absolute atomic E-state index is 0.165. The summed E-state index contributed by atoms with van der Waals surface area (Å²) in [7, 11) is -3.64. The molecule has 0 saturated carbocycles. The highest BCUT2D eigenvalue weighted by Crippen LogP contribution is 2.27. The van der Waals surface area contributed by atoms with Gasteiger partial charge < -0.3 is 5.11 Å². The second-order valence-corrected chi connectivity index (χ2v) is 10.2. The molecule has 0 aliphatic rings. The molecule has 0 aromatic carbocycles. The Labute approximate surface area is 162 Å². The molecule has 1 aromatic rings. The molecule has 146 valence electrons. The standard InChI is InChI=1S/C18H32ClNO3S2/c1-3-5-7-9-11-15(10-8-6-4-2)16(14-21)20-25(22,23)18-13-12-17(19)24-18/h12-13,15-16,20-21H,3-11,14H2,1-2H3/t15-,16+/m1/s1. The molecule has 4 nitrogen and oxygen atoms in total. The van der Waals surface area contributed by atoms with E-state index in [0.717, 1.165) is 56.3 Å². The van der Waals surface area contributed by atoms with E-state index >= 15 is 0 Å². The van der Waals surface area contributed by atoms with Crippen LogP contribution in [-0.2, 0) is 10.0 Å². The average molecular weight is 410 g/mol. The molecule has 0 fully saturated rings. The lowest BCUT2D eigenvalue weighted by Crippen LogP contribution is -2.42. The number of unbranched alkanes of at least 4 members (excludes halogenated alkanes) is 5. The van der Waals surface area contributed by atoms with Crippen LogP contribution in [0.15, 0.2) is 16.3 Å². The Morgan fingerprint density at radius 3 is 2.20 bits per heavy atom. The average Bonchev–Trinajstić information content (AvgIpc) is 3.02. The Hall–Kier alpha value is -0.140. The molecule has 0 aliphatic heterocycles. The van der Waals surface area contributed by atoms with E-state index in [1.165, 1.54) is 18.9 Å². The zero-order valence-corrected chi connectivity index (χ0v) is 17.7. The fraction of sp³-hybridized carbons (Fsp3) is 0.778. The Morgan fingerprint density at radius 2 is 1.68 bits per heavy atom. The van der Waals surface area contributed by atoms with Crippen molar-refractivity contribution in [3.05, 3.63) is 16.5 Å². The van der Waals surface area contributed by atoms with Crippen molar-refractivity contribution in [1.82, 2.24) is 4.72 Å². The van der Waals surface area contributed by atoms with Crippen molar-refractivity contribution < 1.29 is 13.5 Å². The van der Waals surface area contributed by atoms with Crippen LogP contribution in [0.25, 0.3) is 0 Å². The molecule has 0 unspecified atom stereocenters. The molecule has 2 N–H and O–H groups in total. The molecule has 0 radical (unpaired) electrons. The number of thiophene rings is 1. The van der Waals surface area contributed by atoms with E-state index < -0.39 is 16.1 Å². The summed E-state index contributed by atoms with van der Waals surface area (Å²) in [6, 6.07) is 2.65. The molecule has 1 aromatic heterocycles. The van der Waals surface area contributed by atoms with Gasteiger partial charge in [0, 0.05) is 6.04 Å². The number of aliphatic hydroxyl groups excluding tert-OH is 1. The van der Waals surface area contributed by atoms with E-state index in [2.05, 4.69) is 18.6 Å². The number of hydrogen-bond acceptors (Lipinski definition) is 4. The third kappa shape index (κ3) is 8.39. The summed E-state index contributed by atoms with van der Waals surface area (Å²) in [6.07, 6.45) is 9.84. The van der Waals surface area contributed by atoms with Crippen molar-refractivity contribution >= 4 is 33.0 Å². The van der Waals surface area contributed by atoms with E-state index in [4.69, 9.17) is 11.6 Å². The fourth-order valence-electron chi connectivity index (χ4n) is 3.02. The van der Waals surface area contributed by atoms with Crippen LogP contribution < -0.4 is 4.72 Å². The van der Waals surface area contributed by atoms with Crippen molar-refractivity contribution in [1.29, 1.82) is 0 Å². The summed E-state index contributed by atoms with van der Waals surface area (Å²) < 4.78 is 28.5. The molecule has 0 aliphatic carbocycles. The zero-order valence-electron chi connectivity index (χ0n) is 15.3. The Balaban J connectivity index is 2.75. The Bertz CT molecular complexity index is 575. The van der Waals surface area contributed by atoms with Gasteiger partial charge in [-0.05, 0) is 30.9 Å². The van der Waals surface area contributed by atoms with Crippen LogP contribution >= 0.6 is 22.9 Å². The molecule has 1 rings (SSSR count). The largest absolute Gasteiger partial charge is 0.395 e. The maximum absolute atomic E-state index is 12.6. The van der Waals surface area contributed by atoms with E-state index in [-0.39, 0.29) is 16.7 Å². The Kier molecular flexibility index (Phi) is 11.3. The quantitative estimate of drug-likeness (QED) is 0.414. The first kappa shape index (κ1) is 22.9. The second kappa shape index (κ2) is 12.3. The molecule has 0 amide bonds. The van der Waals surface area contributed by atoms with E-state index in [0.29, 0.717) is 4.34 Å². The minimum Gasteiger partial charge on any atom is -0.395 e. The van der Waals surface area contributed by atoms with E-state index in [1.54, 1.807) is 6.07 Å². The highest BCUT2D eigenvalue weighted by atomic mass is 35.5. The van der Waals surface area contributed by atoms with Gasteiger partial charge in [-0.25, -0.2) is 13.1 Å². The fourth-order valence-corrected chi connectivity index (χ4v) is 5.81. The third-order valence-electron chi connectivity index (χ3n) is 4.49. The molecule has 25 heavy (non-hydrogen) atoms. The third-order valence-corrected chi connectivity index (χ3v) is 7.71. The summed E-state index contributed by atoms with van der Waals surface area (Å²) in [6.45, 7) is 4.15. The van der Waals surface area contributed by atoms with Crippen LogP contribution in [0, 0.1) is 5.92 Å². The number of rotatable bonds is 14. The second-order valence-electron chi connectivity index (χ2n) is 6.57. The van der Waals surface area contributed by atoms with E-state index in [1.807, 2.05) is 0 Å². The normalized spacial score (nSPS) is 14.6. The molecule has 0 bridgehead atoms. The topological polar surface area (TPSA) is 66.4 Å². The van der Waals surface area contributed by atoms with Gasteiger partial charge in [-0.1, -0.05) is 70.4 Å². The van der Waals surface area contributed by atoms with Crippen LogP contribution in [0.4, 0.5) is 0 Å². The number of halogens is 1. The monoisotopic (exact) mass is 409 g/mol. The summed E-state index contributed by atoms with van der Waals surface area (Å²) in [5.74, 6) is 0.165. The van der Waals surface area contributed by atoms with Gasteiger partial charge in [0.1, 0.15) is 4.21 Å². The zero-order chi connectivity index (χ0) is 18.7. The van der Waals surface area contributed by atoms with Crippen LogP contribution in [0.2, 0.25) is 4.34 Å². The molecular formula is C18H32ClNO3S2. The molecule has 1 heterocycles. The summed E-state index contributed by atoms with van der Waals surface area (Å²) in [5, 5.41) is 9.82. The lowest BCUT2D eigenvalue weighted by atomic mass is 9.89. The van der Waals surface area contributed by atoms with Crippen molar-refractivity contribution in [2.45, 2.75) is 81.9 Å². The number of hydrogen-bond donors (Lipinski definition) is 2. The van der Waals surface area contributed by atoms with Gasteiger partial charge in [-0.2, -0.15) is 0 Å². The maximum atomic E-state index is 12.6. The van der Waals surface area contributed by atoms with Gasteiger partial charge in [0.15, 0.2) is 0 Å². The lowest BCUT2D eigenvalue weighted by molar-refractivity contribution is 0.198. The smallest absolute Gasteiger partial charge is 0.250 e. The summed E-state index contributed by atoms with van der Waals surface area (Å²) >= 11 is 6.90. The lowest BCUT2D eigenvalue weighted by Gasteiger charge is -2.26. The van der Waals surface area contributed by atoms with Crippen molar-refractivity contribution in [3.8, 4) is 0 Å². The number of aliphatic hydroxyl groups is 1. The summed E-state index contributed by atoms with van der Waals surface area (Å²) in [5.41, 5.74) is 0. The SMILES string of the molecule is CCCCCC[C@@H](CCCCC)[C@H](CO)NS(=O)(=O)c1ccc(Cl)s1. The predicted octanol–water partition coefficient (Wildman–Crippen LogP) is 5.21. The van der Waals surface area contributed by atoms with Gasteiger partial charge in [-0.3, -0.25) is 0 Å². The molecule has 2 atom stereocenters. The summed E-state index contributed by atoms with van der Waals surface area (Å²) in [4.78, 5) is 0. The van der Waals surface area contributed by atoms with Gasteiger partial charge in [0.25, 0.3) is 0 Å². The first-order chi connectivity index (χ1) is 11.9. The molecule has 7 heteroatoms. The first-order valence-electron chi connectivity index (χ1n) is 9.33. The van der Waals surface area contributed by atoms with Gasteiger partial charge in [0.05, 0.1) is 10.9 Å². The molecular weight excluding hydrogens is 378 g/mol. The van der Waals surface area contributed by atoms with Crippen molar-refractivity contribution in [2.75, 3.05) is 6.61 Å². The van der Waals surface area contributed by atoms with Crippen LogP contribution in [0.3, 0.4) is 0 Å². The molecule has 0 spiro atoms. The van der Waals surface area contributed by atoms with Crippen molar-refractivity contribution in [3.63, 3.8) is 0 Å². The first-order valence-corrected chi connectivity index (χ1v) is 12.0. The number of nitrogens with one attached hydrogen (secondary N) is 1. The molecule has 0 saturated heterocycles. The van der Waals surface area contributed by atoms with Crippen LogP contribution in [-0.4, -0.2) is 26.2 Å². The van der Waals surface area contributed by atoms with E-state index in [9.17, 15) is 13.5 Å². The Morgan fingerprint density at radius 1 is 1.08 bits per heavy atom. The highest BCUT2D eigenvalue weighted by molar-refractivity contribution is 7.91. The van der Waals surface area contributed by atoms with Gasteiger partial charge >= 0.3 is 0 Å². The van der Waals surface area contributed by atoms with Crippen molar-refractivity contribution in [2.24, 2.45) is 5.92 Å². The van der Waals surface area contributed by atoms with Gasteiger partial charge in [-0.15, -0.1) is 11.3 Å². The van der Waals surface area contributed by atoms with Crippen LogP contribution in [0.1, 0.15) is 71.6 Å². The maximum Gasteiger partial charge on any atom is 0.250 e. The number of sulfonamides is 1. The van der Waals surface area contributed by atoms with Gasteiger partial charge in [0.2, 0.25) is 10.0 Å².